The molecule has 2 N–H and O–H groups in total. The Hall–Kier alpha value is -1.02. The molecule has 0 fully saturated rings. The molecule has 0 aromatic heterocycles. The van der Waals surface area contributed by atoms with Gasteiger partial charge < -0.3 is 5.32 Å². The predicted octanol–water partition coefficient (Wildman–Crippen LogP) is 5.09. The summed E-state index contributed by atoms with van der Waals surface area (Å²) in [6, 6.07) is -0.0626. The molecule has 2 nitrogen and oxygen atoms in total. The molecule has 2 unspecified atom stereocenters. The van der Waals surface area contributed by atoms with Gasteiger partial charge in [0.2, 0.25) is 0 Å². The highest BCUT2D eigenvalue weighted by atomic mass is 19.4. The highest BCUT2D eigenvalue weighted by Crippen LogP contribution is 2.26. The maximum Gasteiger partial charge on any atom is 0.412 e. The molecule has 24 heavy (non-hydrogen) atoms. The minimum Gasteiger partial charge on any atom is -0.305 e. The summed E-state index contributed by atoms with van der Waals surface area (Å²) in [6.45, 7) is 3.89. The van der Waals surface area contributed by atoms with Gasteiger partial charge in [0.05, 0.1) is 6.17 Å². The highest BCUT2D eigenvalue weighted by Gasteiger charge is 2.30. The van der Waals surface area contributed by atoms with Gasteiger partial charge in [0.15, 0.2) is 0 Å². The lowest BCUT2D eigenvalue weighted by Gasteiger charge is -2.22. The monoisotopic (exact) mass is 360 g/mol. The fraction of sp³-hybridized carbons (Fsp3) is 0.750. The first-order valence-electron chi connectivity index (χ1n) is 7.79. The van der Waals surface area contributed by atoms with E-state index in [4.69, 9.17) is 0 Å². The summed E-state index contributed by atoms with van der Waals surface area (Å²) in [5, 5.41) is 6.11. The van der Waals surface area contributed by atoms with Crippen molar-refractivity contribution in [2.24, 2.45) is 0 Å². The van der Waals surface area contributed by atoms with Crippen LogP contribution in [0.25, 0.3) is 0 Å². The predicted molar refractivity (Wildman–Crippen MR) is 83.5 cm³/mol. The maximum absolute atomic E-state index is 12.4. The Labute approximate surface area is 139 Å². The topological polar surface area (TPSA) is 24.1 Å². The fourth-order valence-corrected chi connectivity index (χ4v) is 1.99. The molecule has 0 aliphatic heterocycles. The largest absolute Gasteiger partial charge is 0.412 e. The SMILES string of the molecule is CNC(CC/C=C(\C)C(F)(F)F)NC(C)CC/C=C(/C)C(F)(F)F. The van der Waals surface area contributed by atoms with E-state index in [1.54, 1.807) is 7.05 Å². The summed E-state index contributed by atoms with van der Waals surface area (Å²) in [4.78, 5) is 0. The summed E-state index contributed by atoms with van der Waals surface area (Å²) in [7, 11) is 1.68. The number of hydrogen-bond donors (Lipinski definition) is 2. The van der Waals surface area contributed by atoms with Gasteiger partial charge in [0, 0.05) is 17.2 Å². The molecule has 0 aliphatic rings. The van der Waals surface area contributed by atoms with Crippen LogP contribution in [-0.4, -0.2) is 31.6 Å². The third-order valence-corrected chi connectivity index (χ3v) is 3.68. The van der Waals surface area contributed by atoms with E-state index in [1.807, 2.05) is 6.92 Å². The molecule has 8 heteroatoms. The lowest BCUT2D eigenvalue weighted by atomic mass is 10.1. The molecule has 0 spiro atoms. The van der Waals surface area contributed by atoms with Crippen molar-refractivity contribution in [3.8, 4) is 0 Å². The van der Waals surface area contributed by atoms with Gasteiger partial charge in [-0.2, -0.15) is 26.3 Å². The maximum atomic E-state index is 12.4. The van der Waals surface area contributed by atoms with Crippen molar-refractivity contribution in [1.82, 2.24) is 10.6 Å². The summed E-state index contributed by atoms with van der Waals surface area (Å²) in [6.07, 6.45) is -5.02. The zero-order valence-electron chi connectivity index (χ0n) is 14.4. The Bertz CT molecular complexity index is 423. The first kappa shape index (κ1) is 23.0. The normalized spacial score (nSPS) is 17.1. The number of allylic oxidation sites excluding steroid dienone is 4. The lowest BCUT2D eigenvalue weighted by Crippen LogP contribution is -2.44. The average molecular weight is 360 g/mol. The standard InChI is InChI=1S/C16H26F6N2/c1-11(15(17,18)19)7-5-9-13(3)24-14(23-4)10-6-8-12(2)16(20,21)22/h7-8,13-14,23-24H,5-6,9-10H2,1-4H3/b11-7-,12-8+. The van der Waals surface area contributed by atoms with Crippen molar-refractivity contribution < 1.29 is 26.3 Å². The van der Waals surface area contributed by atoms with Gasteiger partial charge in [-0.1, -0.05) is 12.2 Å². The summed E-state index contributed by atoms with van der Waals surface area (Å²) in [5.74, 6) is 0. The molecule has 0 aliphatic carbocycles. The van der Waals surface area contributed by atoms with E-state index < -0.39 is 23.5 Å². The van der Waals surface area contributed by atoms with Crippen molar-refractivity contribution in [3.63, 3.8) is 0 Å². The number of alkyl halides is 6. The minimum absolute atomic E-state index is 0.0626. The first-order chi connectivity index (χ1) is 10.9. The minimum atomic E-state index is -4.31. The van der Waals surface area contributed by atoms with Crippen LogP contribution in [0.5, 0.6) is 0 Å². The van der Waals surface area contributed by atoms with E-state index in [0.29, 0.717) is 12.8 Å². The number of hydrogen-bond acceptors (Lipinski definition) is 2. The summed E-state index contributed by atoms with van der Waals surface area (Å²) < 4.78 is 74.1. The number of rotatable bonds is 9. The van der Waals surface area contributed by atoms with Gasteiger partial charge in [-0.25, -0.2) is 0 Å². The third kappa shape index (κ3) is 9.97. The van der Waals surface area contributed by atoms with E-state index in [0.717, 1.165) is 26.0 Å². The second-order valence-corrected chi connectivity index (χ2v) is 5.83. The summed E-state index contributed by atoms with van der Waals surface area (Å²) in [5.41, 5.74) is -1.24. The van der Waals surface area contributed by atoms with Crippen LogP contribution in [0.4, 0.5) is 26.3 Å². The van der Waals surface area contributed by atoms with Crippen LogP contribution in [0.1, 0.15) is 46.5 Å². The lowest BCUT2D eigenvalue weighted by molar-refractivity contribution is -0.0924. The molecule has 0 saturated heterocycles. The van der Waals surface area contributed by atoms with Gasteiger partial charge in [-0.15, -0.1) is 0 Å². The molecular weight excluding hydrogens is 334 g/mol. The smallest absolute Gasteiger partial charge is 0.305 e. The van der Waals surface area contributed by atoms with Crippen molar-refractivity contribution in [1.29, 1.82) is 0 Å². The van der Waals surface area contributed by atoms with Crippen LogP contribution in [0, 0.1) is 0 Å². The second-order valence-electron chi connectivity index (χ2n) is 5.83. The van der Waals surface area contributed by atoms with Crippen LogP contribution >= 0.6 is 0 Å². The quantitative estimate of drug-likeness (QED) is 0.340. The third-order valence-electron chi connectivity index (χ3n) is 3.68. The fourth-order valence-electron chi connectivity index (χ4n) is 1.99. The molecule has 142 valence electrons. The molecule has 0 amide bonds. The number of halogens is 6. The average Bonchev–Trinajstić information content (AvgIpc) is 2.43. The van der Waals surface area contributed by atoms with Crippen molar-refractivity contribution in [2.75, 3.05) is 7.05 Å². The van der Waals surface area contributed by atoms with E-state index in [1.165, 1.54) is 0 Å². The van der Waals surface area contributed by atoms with Gasteiger partial charge in [-0.3, -0.25) is 5.32 Å². The van der Waals surface area contributed by atoms with Crippen LogP contribution in [-0.2, 0) is 0 Å². The Morgan fingerprint density at radius 3 is 1.67 bits per heavy atom. The Kier molecular flexibility index (Phi) is 9.65. The molecule has 0 heterocycles. The van der Waals surface area contributed by atoms with Gasteiger partial charge >= 0.3 is 12.4 Å². The molecule has 0 saturated carbocycles. The van der Waals surface area contributed by atoms with E-state index in [2.05, 4.69) is 10.6 Å². The molecule has 0 aromatic rings. The Balaban J connectivity index is 4.29. The molecule has 0 aromatic carbocycles. The van der Waals surface area contributed by atoms with Gasteiger partial charge in [0.1, 0.15) is 0 Å². The Morgan fingerprint density at radius 1 is 0.875 bits per heavy atom. The van der Waals surface area contributed by atoms with Crippen molar-refractivity contribution >= 4 is 0 Å². The number of nitrogens with one attached hydrogen (secondary N) is 2. The van der Waals surface area contributed by atoms with Crippen LogP contribution < -0.4 is 10.6 Å². The molecule has 0 rings (SSSR count). The zero-order chi connectivity index (χ0) is 19.0. The zero-order valence-corrected chi connectivity index (χ0v) is 14.4. The van der Waals surface area contributed by atoms with Crippen molar-refractivity contribution in [2.45, 2.75) is 71.0 Å². The van der Waals surface area contributed by atoms with E-state index in [9.17, 15) is 26.3 Å². The summed E-state index contributed by atoms with van der Waals surface area (Å²) >= 11 is 0. The highest BCUT2D eigenvalue weighted by molar-refractivity contribution is 5.05. The molecule has 0 radical (unpaired) electrons. The van der Waals surface area contributed by atoms with E-state index in [-0.39, 0.29) is 25.0 Å². The van der Waals surface area contributed by atoms with Crippen LogP contribution in [0.15, 0.2) is 23.3 Å². The molecular formula is C16H26F6N2. The van der Waals surface area contributed by atoms with Gasteiger partial charge in [-0.05, 0) is 53.5 Å². The van der Waals surface area contributed by atoms with Crippen molar-refractivity contribution in [3.05, 3.63) is 23.3 Å². The second kappa shape index (κ2) is 10.1. The van der Waals surface area contributed by atoms with Gasteiger partial charge in [0.25, 0.3) is 0 Å². The molecule has 2 atom stereocenters. The van der Waals surface area contributed by atoms with Crippen LogP contribution in [0.2, 0.25) is 0 Å². The Morgan fingerprint density at radius 2 is 1.29 bits per heavy atom. The van der Waals surface area contributed by atoms with Crippen LogP contribution in [0.3, 0.4) is 0 Å². The van der Waals surface area contributed by atoms with E-state index >= 15 is 0 Å². The first-order valence-corrected chi connectivity index (χ1v) is 7.79. The molecule has 0 bridgehead atoms.